The molecule has 0 bridgehead atoms. The van der Waals surface area contributed by atoms with Gasteiger partial charge >= 0.3 is 12.6 Å². The molecule has 2 rings (SSSR count). The number of alkyl halides is 2. The predicted octanol–water partition coefficient (Wildman–Crippen LogP) is 3.34. The molecular weight excluding hydrogens is 416 g/mol. The molecule has 1 aromatic rings. The summed E-state index contributed by atoms with van der Waals surface area (Å²) in [6.07, 6.45) is 1.34. The van der Waals surface area contributed by atoms with Crippen LogP contribution in [0, 0.1) is 0 Å². The molecule has 0 aliphatic carbocycles. The van der Waals surface area contributed by atoms with Gasteiger partial charge < -0.3 is 9.84 Å². The van der Waals surface area contributed by atoms with Gasteiger partial charge in [0.1, 0.15) is 16.6 Å². The molecule has 23 heavy (non-hydrogen) atoms. The van der Waals surface area contributed by atoms with Crippen molar-refractivity contribution in [2.45, 2.75) is 6.61 Å². The van der Waals surface area contributed by atoms with Gasteiger partial charge in [0.15, 0.2) is 0 Å². The largest absolute Gasteiger partial charge is 0.480 e. The molecule has 1 amide bonds. The summed E-state index contributed by atoms with van der Waals surface area (Å²) in [6.45, 7) is -3.56. The van der Waals surface area contributed by atoms with E-state index in [0.29, 0.717) is 4.47 Å². The number of carboxylic acid groups (broad SMARTS) is 1. The Kier molecular flexibility index (Phi) is 5.71. The maximum absolute atomic E-state index is 12.4. The lowest BCUT2D eigenvalue weighted by atomic mass is 10.2. The third kappa shape index (κ3) is 4.49. The number of hydrogen-bond donors (Lipinski definition) is 1. The third-order valence-electron chi connectivity index (χ3n) is 2.64. The highest BCUT2D eigenvalue weighted by Crippen LogP contribution is 2.35. The monoisotopic (exact) mass is 423 g/mol. The number of carboxylic acids is 1. The number of carbonyl (C=O) groups excluding carboxylic acids is 1. The summed E-state index contributed by atoms with van der Waals surface area (Å²) < 4.78 is 30.0. The molecule has 1 saturated heterocycles. The first-order valence-electron chi connectivity index (χ1n) is 5.99. The Hall–Kier alpha value is -1.52. The molecule has 10 heteroatoms. The van der Waals surface area contributed by atoms with Gasteiger partial charge in [0.05, 0.1) is 4.91 Å². The van der Waals surface area contributed by atoms with Crippen LogP contribution in [0.1, 0.15) is 5.56 Å². The number of halogens is 3. The Morgan fingerprint density at radius 2 is 2.22 bits per heavy atom. The van der Waals surface area contributed by atoms with Crippen LogP contribution in [0.3, 0.4) is 0 Å². The minimum atomic E-state index is -3.01. The van der Waals surface area contributed by atoms with Crippen LogP contribution in [0.25, 0.3) is 6.08 Å². The van der Waals surface area contributed by atoms with Gasteiger partial charge in [-0.1, -0.05) is 39.9 Å². The number of benzene rings is 1. The molecule has 0 atom stereocenters. The first kappa shape index (κ1) is 17.8. The van der Waals surface area contributed by atoms with Gasteiger partial charge in [0.2, 0.25) is 0 Å². The quantitative estimate of drug-likeness (QED) is 0.578. The van der Waals surface area contributed by atoms with Crippen molar-refractivity contribution < 1.29 is 28.2 Å². The molecule has 0 saturated carbocycles. The van der Waals surface area contributed by atoms with E-state index in [-0.39, 0.29) is 20.5 Å². The van der Waals surface area contributed by atoms with Crippen molar-refractivity contribution in [3.05, 3.63) is 33.1 Å². The van der Waals surface area contributed by atoms with Gasteiger partial charge in [-0.3, -0.25) is 14.5 Å². The zero-order chi connectivity index (χ0) is 17.1. The number of hydrogen-bond acceptors (Lipinski definition) is 5. The van der Waals surface area contributed by atoms with Gasteiger partial charge in [-0.05, 0) is 24.3 Å². The Morgan fingerprint density at radius 1 is 1.52 bits per heavy atom. The van der Waals surface area contributed by atoms with Crippen LogP contribution in [0.2, 0.25) is 0 Å². The summed E-state index contributed by atoms with van der Waals surface area (Å²) in [5, 5.41) is 8.77. The lowest BCUT2D eigenvalue weighted by Crippen LogP contribution is -2.33. The van der Waals surface area contributed by atoms with Crippen LogP contribution in [-0.4, -0.2) is 39.4 Å². The van der Waals surface area contributed by atoms with E-state index < -0.39 is 25.0 Å². The second kappa shape index (κ2) is 7.37. The number of rotatable bonds is 5. The number of nitrogens with zero attached hydrogens (tertiary/aromatic N) is 1. The molecule has 1 N–H and O–H groups in total. The van der Waals surface area contributed by atoms with Crippen molar-refractivity contribution in [3.63, 3.8) is 0 Å². The summed E-state index contributed by atoms with van der Waals surface area (Å²) in [5.74, 6) is -1.90. The highest BCUT2D eigenvalue weighted by molar-refractivity contribution is 9.10. The molecule has 0 spiro atoms. The minimum Gasteiger partial charge on any atom is -0.480 e. The van der Waals surface area contributed by atoms with Crippen molar-refractivity contribution >= 4 is 62.2 Å². The second-order valence-electron chi connectivity index (χ2n) is 4.22. The Morgan fingerprint density at radius 3 is 2.83 bits per heavy atom. The van der Waals surface area contributed by atoms with E-state index in [1.807, 2.05) is 0 Å². The predicted molar refractivity (Wildman–Crippen MR) is 88.3 cm³/mol. The first-order chi connectivity index (χ1) is 10.8. The zero-order valence-corrected chi connectivity index (χ0v) is 14.4. The summed E-state index contributed by atoms with van der Waals surface area (Å²) in [7, 11) is 0. The number of ether oxygens (including phenoxy) is 1. The van der Waals surface area contributed by atoms with E-state index in [2.05, 4.69) is 20.7 Å². The van der Waals surface area contributed by atoms with Crippen molar-refractivity contribution in [2.75, 3.05) is 6.54 Å². The molecule has 5 nitrogen and oxygen atoms in total. The van der Waals surface area contributed by atoms with Crippen LogP contribution in [0.5, 0.6) is 5.75 Å². The smallest absolute Gasteiger partial charge is 0.387 e. The number of aliphatic carboxylic acids is 1. The van der Waals surface area contributed by atoms with Gasteiger partial charge in [0, 0.05) is 10.0 Å². The van der Waals surface area contributed by atoms with E-state index in [1.165, 1.54) is 24.3 Å². The van der Waals surface area contributed by atoms with Crippen LogP contribution in [0.15, 0.2) is 27.6 Å². The summed E-state index contributed by atoms with van der Waals surface area (Å²) in [6, 6.07) is 4.35. The van der Waals surface area contributed by atoms with Crippen molar-refractivity contribution in [1.29, 1.82) is 0 Å². The fourth-order valence-electron chi connectivity index (χ4n) is 1.75. The number of thiocarbonyl (C=S) groups is 1. The fourth-order valence-corrected chi connectivity index (χ4v) is 3.37. The highest BCUT2D eigenvalue weighted by atomic mass is 79.9. The summed E-state index contributed by atoms with van der Waals surface area (Å²) in [4.78, 5) is 24.0. The number of amides is 1. The SMILES string of the molecule is O=C(O)CN1C(=O)C(=Cc2cc(Br)ccc2OC(F)F)SC1=S. The Labute approximate surface area is 147 Å². The molecule has 0 radical (unpaired) electrons. The second-order valence-corrected chi connectivity index (χ2v) is 6.81. The van der Waals surface area contributed by atoms with E-state index in [9.17, 15) is 18.4 Å². The topological polar surface area (TPSA) is 66.8 Å². The van der Waals surface area contributed by atoms with Gasteiger partial charge in [-0.15, -0.1) is 0 Å². The highest BCUT2D eigenvalue weighted by Gasteiger charge is 2.33. The lowest BCUT2D eigenvalue weighted by molar-refractivity contribution is -0.140. The maximum atomic E-state index is 12.4. The molecule has 1 heterocycles. The average molecular weight is 424 g/mol. The van der Waals surface area contributed by atoms with Crippen molar-refractivity contribution in [2.24, 2.45) is 0 Å². The van der Waals surface area contributed by atoms with E-state index in [4.69, 9.17) is 17.3 Å². The van der Waals surface area contributed by atoms with Gasteiger partial charge in [-0.25, -0.2) is 0 Å². The van der Waals surface area contributed by atoms with Gasteiger partial charge in [0.25, 0.3) is 5.91 Å². The minimum absolute atomic E-state index is 0.0926. The van der Waals surface area contributed by atoms with Crippen LogP contribution in [-0.2, 0) is 9.59 Å². The summed E-state index contributed by atoms with van der Waals surface area (Å²) >= 11 is 9.07. The molecule has 1 fully saturated rings. The lowest BCUT2D eigenvalue weighted by Gasteiger charge is -2.10. The zero-order valence-electron chi connectivity index (χ0n) is 11.2. The third-order valence-corrected chi connectivity index (χ3v) is 4.51. The molecule has 1 aromatic carbocycles. The van der Waals surface area contributed by atoms with Crippen LogP contribution in [0.4, 0.5) is 8.78 Å². The van der Waals surface area contributed by atoms with Crippen LogP contribution >= 0.6 is 39.9 Å². The molecule has 1 aliphatic rings. The normalized spacial score (nSPS) is 16.5. The molecule has 0 unspecified atom stereocenters. The Bertz CT molecular complexity index is 711. The molecule has 122 valence electrons. The van der Waals surface area contributed by atoms with Crippen LogP contribution < -0.4 is 4.74 Å². The fraction of sp³-hybridized carbons (Fsp3) is 0.154. The maximum Gasteiger partial charge on any atom is 0.387 e. The van der Waals surface area contributed by atoms with E-state index in [0.717, 1.165) is 16.7 Å². The average Bonchev–Trinajstić information content (AvgIpc) is 2.69. The first-order valence-corrected chi connectivity index (χ1v) is 8.01. The standard InChI is InChI=1S/C13H8BrF2NO4S2/c14-7-1-2-8(21-12(15)16)6(3-7)4-9-11(20)17(5-10(18)19)13(22)23-9/h1-4,12H,5H2,(H,18,19). The number of carbonyl (C=O) groups is 2. The van der Waals surface area contributed by atoms with Gasteiger partial charge in [-0.2, -0.15) is 8.78 Å². The van der Waals surface area contributed by atoms with E-state index >= 15 is 0 Å². The van der Waals surface area contributed by atoms with Crippen molar-refractivity contribution in [3.8, 4) is 5.75 Å². The molecular formula is C13H8BrF2NO4S2. The van der Waals surface area contributed by atoms with E-state index in [1.54, 1.807) is 0 Å². The molecule has 1 aliphatic heterocycles. The Balaban J connectivity index is 2.35. The molecule has 0 aromatic heterocycles. The number of thioether (sulfide) groups is 1. The van der Waals surface area contributed by atoms with Crippen molar-refractivity contribution in [1.82, 2.24) is 4.90 Å². The summed E-state index contributed by atoms with van der Waals surface area (Å²) in [5.41, 5.74) is 0.246.